The Morgan fingerprint density at radius 2 is 2.00 bits per heavy atom. The molecule has 1 aromatic carbocycles. The maximum Gasteiger partial charge on any atom is 0.269 e. The Labute approximate surface area is 138 Å². The number of nitrogens with zero attached hydrogens (tertiary/aromatic N) is 1. The van der Waals surface area contributed by atoms with Crippen molar-refractivity contribution in [2.45, 2.75) is 11.4 Å². The van der Waals surface area contributed by atoms with Crippen LogP contribution in [0, 0.1) is 10.1 Å². The Kier molecular flexibility index (Phi) is 5.77. The van der Waals surface area contributed by atoms with Gasteiger partial charge in [0.1, 0.15) is 0 Å². The van der Waals surface area contributed by atoms with Crippen LogP contribution in [-0.2, 0) is 11.3 Å². The van der Waals surface area contributed by atoms with Gasteiger partial charge in [-0.2, -0.15) is 0 Å². The minimum absolute atomic E-state index is 0.0482. The summed E-state index contributed by atoms with van der Waals surface area (Å²) in [5, 5.41) is 13.4. The molecule has 0 aliphatic rings. The van der Waals surface area contributed by atoms with Crippen molar-refractivity contribution in [3.63, 3.8) is 0 Å². The molecule has 0 fully saturated rings. The van der Waals surface area contributed by atoms with Gasteiger partial charge in [0.15, 0.2) is 0 Å². The molecule has 0 aliphatic carbocycles. The number of amides is 1. The van der Waals surface area contributed by atoms with Crippen molar-refractivity contribution in [1.82, 2.24) is 5.32 Å². The Morgan fingerprint density at radius 1 is 1.29 bits per heavy atom. The molecule has 21 heavy (non-hydrogen) atoms. The van der Waals surface area contributed by atoms with Crippen molar-refractivity contribution in [3.05, 3.63) is 55.2 Å². The molecule has 0 radical (unpaired) electrons. The van der Waals surface area contributed by atoms with Crippen molar-refractivity contribution < 1.29 is 9.72 Å². The van der Waals surface area contributed by atoms with Gasteiger partial charge in [-0.05, 0) is 40.2 Å². The average Bonchev–Trinajstić information content (AvgIpc) is 2.89. The first-order valence-corrected chi connectivity index (χ1v) is 8.52. The molecule has 0 saturated heterocycles. The fourth-order valence-corrected chi connectivity index (χ4v) is 3.65. The predicted octanol–water partition coefficient (Wildman–Crippen LogP) is 3.83. The summed E-state index contributed by atoms with van der Waals surface area (Å²) in [6.07, 6.45) is 0. The highest BCUT2D eigenvalue weighted by Crippen LogP contribution is 2.22. The molecular weight excluding hydrogens is 376 g/mol. The van der Waals surface area contributed by atoms with Gasteiger partial charge >= 0.3 is 0 Å². The highest BCUT2D eigenvalue weighted by Gasteiger charge is 2.07. The van der Waals surface area contributed by atoms with Gasteiger partial charge in [0.2, 0.25) is 5.91 Å². The van der Waals surface area contributed by atoms with Gasteiger partial charge in [-0.1, -0.05) is 0 Å². The molecule has 1 N–H and O–H groups in total. The molecule has 0 bridgehead atoms. The molecular formula is C13H11BrN2O3S2. The van der Waals surface area contributed by atoms with Crippen LogP contribution in [0.25, 0.3) is 0 Å². The van der Waals surface area contributed by atoms with Crippen LogP contribution in [0.1, 0.15) is 4.88 Å². The monoisotopic (exact) mass is 386 g/mol. The number of carbonyl (C=O) groups is 1. The summed E-state index contributed by atoms with van der Waals surface area (Å²) in [5.41, 5.74) is 0.0482. The van der Waals surface area contributed by atoms with E-state index in [-0.39, 0.29) is 17.3 Å². The first kappa shape index (κ1) is 16.0. The molecule has 110 valence electrons. The molecule has 0 aliphatic heterocycles. The fourth-order valence-electron chi connectivity index (χ4n) is 1.50. The van der Waals surface area contributed by atoms with Crippen LogP contribution in [-0.4, -0.2) is 16.6 Å². The number of thioether (sulfide) groups is 1. The van der Waals surface area contributed by atoms with Crippen molar-refractivity contribution >= 4 is 50.6 Å². The number of nitrogens with one attached hydrogen (secondary N) is 1. The first-order valence-electron chi connectivity index (χ1n) is 5.93. The topological polar surface area (TPSA) is 72.2 Å². The van der Waals surface area contributed by atoms with E-state index < -0.39 is 4.92 Å². The molecule has 0 unspecified atom stereocenters. The van der Waals surface area contributed by atoms with E-state index in [1.54, 1.807) is 23.5 Å². The molecule has 0 saturated carbocycles. The van der Waals surface area contributed by atoms with Gasteiger partial charge in [-0.25, -0.2) is 0 Å². The number of thiophene rings is 1. The normalized spacial score (nSPS) is 10.3. The Bertz CT molecular complexity index is 643. The number of rotatable bonds is 6. The van der Waals surface area contributed by atoms with Crippen molar-refractivity contribution in [2.24, 2.45) is 0 Å². The maximum absolute atomic E-state index is 11.7. The second kappa shape index (κ2) is 7.58. The number of non-ortho nitro benzene ring substituents is 1. The summed E-state index contributed by atoms with van der Waals surface area (Å²) in [5.74, 6) is 0.215. The van der Waals surface area contributed by atoms with Gasteiger partial charge in [-0.15, -0.1) is 23.1 Å². The van der Waals surface area contributed by atoms with E-state index in [9.17, 15) is 14.9 Å². The number of hydrogen-bond acceptors (Lipinski definition) is 5. The highest BCUT2D eigenvalue weighted by molar-refractivity contribution is 9.11. The molecule has 1 heterocycles. The second-order valence-corrected chi connectivity index (χ2v) is 7.62. The zero-order chi connectivity index (χ0) is 15.2. The number of hydrogen-bond donors (Lipinski definition) is 1. The minimum Gasteiger partial charge on any atom is -0.350 e. The maximum atomic E-state index is 11.7. The molecule has 0 atom stereocenters. The standard InChI is InChI=1S/C13H11BrN2O3S2/c14-12-6-5-11(21-12)7-15-13(17)8-20-10-3-1-9(2-4-10)16(18)19/h1-6H,7-8H2,(H,15,17). The molecule has 5 nitrogen and oxygen atoms in total. The van der Waals surface area contributed by atoms with Crippen molar-refractivity contribution in [3.8, 4) is 0 Å². The quantitative estimate of drug-likeness (QED) is 0.465. The molecule has 2 aromatic rings. The zero-order valence-electron chi connectivity index (χ0n) is 10.7. The van der Waals surface area contributed by atoms with Crippen molar-refractivity contribution in [2.75, 3.05) is 5.75 Å². The summed E-state index contributed by atoms with van der Waals surface area (Å²) in [6, 6.07) is 10.1. The summed E-state index contributed by atoms with van der Waals surface area (Å²) < 4.78 is 1.03. The summed E-state index contributed by atoms with van der Waals surface area (Å²) in [7, 11) is 0. The third-order valence-electron chi connectivity index (χ3n) is 2.51. The molecule has 1 aromatic heterocycles. The van der Waals surface area contributed by atoms with Gasteiger partial charge in [-0.3, -0.25) is 14.9 Å². The number of benzene rings is 1. The molecule has 1 amide bonds. The van der Waals surface area contributed by atoms with E-state index in [1.165, 1.54) is 23.9 Å². The SMILES string of the molecule is O=C(CSc1ccc([N+](=O)[O-])cc1)NCc1ccc(Br)s1. The predicted molar refractivity (Wildman–Crippen MR) is 87.7 cm³/mol. The van der Waals surface area contributed by atoms with E-state index >= 15 is 0 Å². The van der Waals surface area contributed by atoms with E-state index in [0.29, 0.717) is 6.54 Å². The van der Waals surface area contributed by atoms with Gasteiger partial charge in [0, 0.05) is 21.9 Å². The van der Waals surface area contributed by atoms with Crippen LogP contribution in [0.3, 0.4) is 0 Å². The minimum atomic E-state index is -0.444. The number of halogens is 1. The summed E-state index contributed by atoms with van der Waals surface area (Å²) in [6.45, 7) is 0.510. The molecule has 2 rings (SSSR count). The highest BCUT2D eigenvalue weighted by atomic mass is 79.9. The van der Waals surface area contributed by atoms with Gasteiger partial charge < -0.3 is 5.32 Å². The van der Waals surface area contributed by atoms with E-state index in [1.807, 2.05) is 12.1 Å². The van der Waals surface area contributed by atoms with Gasteiger partial charge in [0.05, 0.1) is 21.0 Å². The van der Waals surface area contributed by atoms with Crippen LogP contribution >= 0.6 is 39.0 Å². The van der Waals surface area contributed by atoms with Crippen LogP contribution in [0.5, 0.6) is 0 Å². The average molecular weight is 387 g/mol. The summed E-state index contributed by atoms with van der Waals surface area (Å²) in [4.78, 5) is 23.7. The Hall–Kier alpha value is -1.38. The number of nitro benzene ring substituents is 1. The van der Waals surface area contributed by atoms with Crippen molar-refractivity contribution in [1.29, 1.82) is 0 Å². The van der Waals surface area contributed by atoms with Crippen LogP contribution in [0.2, 0.25) is 0 Å². The fraction of sp³-hybridized carbons (Fsp3) is 0.154. The first-order chi connectivity index (χ1) is 10.0. The van der Waals surface area contributed by atoms with E-state index in [4.69, 9.17) is 0 Å². The third kappa shape index (κ3) is 5.14. The largest absolute Gasteiger partial charge is 0.350 e. The van der Waals surface area contributed by atoms with Gasteiger partial charge in [0.25, 0.3) is 5.69 Å². The lowest BCUT2D eigenvalue weighted by Crippen LogP contribution is -2.24. The zero-order valence-corrected chi connectivity index (χ0v) is 14.0. The van der Waals surface area contributed by atoms with Crippen LogP contribution in [0.4, 0.5) is 5.69 Å². The lowest BCUT2D eigenvalue weighted by atomic mass is 10.3. The number of carbonyl (C=O) groups excluding carboxylic acids is 1. The second-order valence-electron chi connectivity index (χ2n) is 4.02. The third-order valence-corrected chi connectivity index (χ3v) is 5.14. The van der Waals surface area contributed by atoms with E-state index in [2.05, 4.69) is 21.2 Å². The van der Waals surface area contributed by atoms with Crippen LogP contribution < -0.4 is 5.32 Å². The Morgan fingerprint density at radius 3 is 2.57 bits per heavy atom. The smallest absolute Gasteiger partial charge is 0.269 e. The van der Waals surface area contributed by atoms with E-state index in [0.717, 1.165) is 13.6 Å². The lowest BCUT2D eigenvalue weighted by molar-refractivity contribution is -0.384. The number of nitro groups is 1. The Balaban J connectivity index is 1.77. The molecule has 0 spiro atoms. The van der Waals surface area contributed by atoms with Crippen LogP contribution in [0.15, 0.2) is 45.1 Å². The summed E-state index contributed by atoms with van der Waals surface area (Å²) >= 11 is 6.30. The molecule has 8 heteroatoms. The lowest BCUT2D eigenvalue weighted by Gasteiger charge is -2.03.